The lowest BCUT2D eigenvalue weighted by Gasteiger charge is -2.31. The zero-order valence-electron chi connectivity index (χ0n) is 25.9. The van der Waals surface area contributed by atoms with Crippen molar-refractivity contribution in [2.75, 3.05) is 72.3 Å². The van der Waals surface area contributed by atoms with E-state index in [1.54, 1.807) is 0 Å². The summed E-state index contributed by atoms with van der Waals surface area (Å²) < 4.78 is 22.2. The monoisotopic (exact) mass is 646 g/mol. The van der Waals surface area contributed by atoms with Gasteiger partial charge in [0, 0.05) is 25.2 Å². The Hall–Kier alpha value is -2.64. The van der Waals surface area contributed by atoms with Crippen LogP contribution in [-0.2, 0) is 0 Å². The van der Waals surface area contributed by atoms with Crippen LogP contribution >= 0.6 is 0 Å². The van der Waals surface area contributed by atoms with Crippen LogP contribution in [0.3, 0.4) is 0 Å². The average Bonchev–Trinajstić information content (AvgIpc) is 3.78. The molecule has 0 amide bonds. The Morgan fingerprint density at radius 2 is 1.13 bits per heavy atom. The highest BCUT2D eigenvalue weighted by Gasteiger charge is 2.28. The Balaban J connectivity index is 0.000000243. The predicted molar refractivity (Wildman–Crippen MR) is 181 cm³/mol. The van der Waals surface area contributed by atoms with Crippen molar-refractivity contribution in [3.63, 3.8) is 0 Å². The van der Waals surface area contributed by atoms with Crippen LogP contribution in [0, 0.1) is 0 Å². The summed E-state index contributed by atoms with van der Waals surface area (Å²) in [7, 11) is 0. The normalized spacial score (nSPS) is 20.6. The van der Waals surface area contributed by atoms with E-state index in [2.05, 4.69) is 15.1 Å². The van der Waals surface area contributed by atoms with Crippen molar-refractivity contribution in [2.24, 2.45) is 5.73 Å². The van der Waals surface area contributed by atoms with E-state index < -0.39 is 12.2 Å². The summed E-state index contributed by atoms with van der Waals surface area (Å²) in [6.07, 6.45) is 3.53. The molecule has 2 aromatic rings. The second-order valence-electron chi connectivity index (χ2n) is 12.2. The van der Waals surface area contributed by atoms with Gasteiger partial charge < -0.3 is 55.1 Å². The van der Waals surface area contributed by atoms with Crippen molar-refractivity contribution in [1.29, 1.82) is 0 Å². The van der Waals surface area contributed by atoms with E-state index in [1.165, 1.54) is 25.7 Å². The van der Waals surface area contributed by atoms with Crippen LogP contribution < -0.4 is 30.0 Å². The summed E-state index contributed by atoms with van der Waals surface area (Å²) in [5.41, 5.74) is 7.74. The number of aliphatic hydroxyl groups is 3. The Bertz CT molecular complexity index is 1180. The van der Waals surface area contributed by atoms with Crippen LogP contribution in [0.2, 0.25) is 0 Å². The van der Waals surface area contributed by atoms with Gasteiger partial charge in [-0.3, -0.25) is 0 Å². The molecule has 4 heterocycles. The number of nitrogens with one attached hydrogen (secondary N) is 1. The van der Waals surface area contributed by atoms with Gasteiger partial charge in [-0.15, -0.1) is 0 Å². The lowest BCUT2D eigenvalue weighted by molar-refractivity contribution is 0.0930. The van der Waals surface area contributed by atoms with Gasteiger partial charge in [-0.25, -0.2) is 0 Å². The molecule has 0 radical (unpaired) electrons. The molecule has 11 heteroatoms. The molecule has 4 aliphatic rings. The molecule has 0 bridgehead atoms. The number of benzene rings is 2. The van der Waals surface area contributed by atoms with Crippen molar-refractivity contribution in [3.05, 3.63) is 47.5 Å². The van der Waals surface area contributed by atoms with E-state index in [9.17, 15) is 15.3 Å². The summed E-state index contributed by atoms with van der Waals surface area (Å²) in [5, 5.41) is 34.0. The second kappa shape index (κ2) is 18.6. The topological polar surface area (TPSA) is 142 Å². The molecule has 2 aromatic carbocycles. The van der Waals surface area contributed by atoms with Crippen LogP contribution in [-0.4, -0.2) is 116 Å². The quantitative estimate of drug-likeness (QED) is 0.246. The molecule has 260 valence electrons. The van der Waals surface area contributed by atoms with E-state index in [4.69, 9.17) is 24.7 Å². The van der Waals surface area contributed by atoms with Gasteiger partial charge in [-0.05, 0) is 94.2 Å². The van der Waals surface area contributed by atoms with Crippen molar-refractivity contribution in [2.45, 2.75) is 77.8 Å². The third kappa shape index (κ3) is 10.2. The van der Waals surface area contributed by atoms with Gasteiger partial charge in [0.2, 0.25) is 0 Å². The molecule has 5 atom stereocenters. The summed E-state index contributed by atoms with van der Waals surface area (Å²) >= 11 is 0. The first-order valence-corrected chi connectivity index (χ1v) is 16.1. The number of fused-ring (bicyclic) bond motifs is 2. The lowest BCUT2D eigenvalue weighted by Crippen LogP contribution is -2.48. The smallest absolute Gasteiger partial charge is 0.161 e. The van der Waals surface area contributed by atoms with E-state index in [1.807, 2.05) is 43.3 Å². The van der Waals surface area contributed by atoms with Gasteiger partial charge >= 0.3 is 0 Å². The highest BCUT2D eigenvalue weighted by Crippen LogP contribution is 2.34. The summed E-state index contributed by atoms with van der Waals surface area (Å²) in [5.74, 6) is 2.85. The lowest BCUT2D eigenvalue weighted by atomic mass is 10.00. The number of nitrogens with two attached hydrogens (primary N) is 1. The minimum absolute atomic E-state index is 0. The standard InChI is InChI=1S/C18H28N2O4.C15H22N2O3.2CH4/c1-13(12-21)19-15(11-20-6-2-3-7-20)18(22)14-4-5-16-17(10-14)24-9-8-23-16;16-12(10-17-5-1-2-6-17)15(18)11-3-4-13-14(9-11)20-8-7-19-13;;/h4-5,10,13,15,18-19,21-22H,2-3,6-9,11-12H2,1H3;3-4,9,12,15,18H,1-2,5-8,10,16H2;2*1H4/t13?,15-,18-;12-,15-;;/m11../s1. The van der Waals surface area contributed by atoms with E-state index in [0.717, 1.165) is 61.9 Å². The number of hydrogen-bond acceptors (Lipinski definition) is 11. The zero-order valence-corrected chi connectivity index (χ0v) is 25.9. The zero-order chi connectivity index (χ0) is 30.9. The fraction of sp³-hybridized carbons (Fsp3) is 0.657. The molecule has 6 rings (SSSR count). The maximum absolute atomic E-state index is 10.9. The van der Waals surface area contributed by atoms with Crippen molar-refractivity contribution in [1.82, 2.24) is 15.1 Å². The van der Waals surface area contributed by atoms with Gasteiger partial charge in [-0.1, -0.05) is 27.0 Å². The molecule has 2 saturated heterocycles. The van der Waals surface area contributed by atoms with Crippen molar-refractivity contribution < 1.29 is 34.3 Å². The van der Waals surface area contributed by atoms with Crippen LogP contribution in [0.25, 0.3) is 0 Å². The third-order valence-electron chi connectivity index (χ3n) is 8.70. The molecular weight excluding hydrogens is 588 g/mol. The number of hydrogen-bond donors (Lipinski definition) is 5. The first-order valence-electron chi connectivity index (χ1n) is 16.1. The molecule has 11 nitrogen and oxygen atoms in total. The van der Waals surface area contributed by atoms with Crippen molar-refractivity contribution in [3.8, 4) is 23.0 Å². The largest absolute Gasteiger partial charge is 0.486 e. The SMILES string of the molecule is C.C.CC(CO)N[C@H](CN1CCCC1)[C@H](O)c1ccc2c(c1)OCCO2.N[C@H](CN1CCCC1)[C@H](O)c1ccc2c(c1)OCCO2. The summed E-state index contributed by atoms with van der Waals surface area (Å²) in [6.45, 7) is 9.98. The number of nitrogens with zero attached hydrogens (tertiary/aromatic N) is 2. The maximum atomic E-state index is 10.9. The maximum Gasteiger partial charge on any atom is 0.161 e. The molecule has 0 spiro atoms. The summed E-state index contributed by atoms with van der Waals surface area (Å²) in [6, 6.07) is 10.7. The van der Waals surface area contributed by atoms with Crippen LogP contribution in [0.15, 0.2) is 36.4 Å². The molecule has 0 aromatic heterocycles. The van der Waals surface area contributed by atoms with Crippen molar-refractivity contribution >= 4 is 0 Å². The van der Waals surface area contributed by atoms with Crippen LogP contribution in [0.5, 0.6) is 23.0 Å². The van der Waals surface area contributed by atoms with Gasteiger partial charge in [-0.2, -0.15) is 0 Å². The minimum Gasteiger partial charge on any atom is -0.486 e. The molecule has 0 aliphatic carbocycles. The van der Waals surface area contributed by atoms with E-state index in [0.29, 0.717) is 37.9 Å². The molecule has 4 aliphatic heterocycles. The molecule has 0 saturated carbocycles. The van der Waals surface area contributed by atoms with Gasteiger partial charge in [0.15, 0.2) is 23.0 Å². The van der Waals surface area contributed by atoms with Crippen LogP contribution in [0.1, 0.15) is 70.8 Å². The Labute approximate surface area is 275 Å². The fourth-order valence-corrected chi connectivity index (χ4v) is 6.24. The average molecular weight is 647 g/mol. The number of likely N-dealkylation sites (tertiary alicyclic amines) is 2. The molecule has 2 fully saturated rings. The highest BCUT2D eigenvalue weighted by atomic mass is 16.6. The second-order valence-corrected chi connectivity index (χ2v) is 12.2. The number of ether oxygens (including phenoxy) is 4. The Kier molecular flexibility index (Phi) is 15.3. The third-order valence-corrected chi connectivity index (χ3v) is 8.70. The molecule has 6 N–H and O–H groups in total. The number of rotatable bonds is 11. The first kappa shape index (κ1) is 37.8. The minimum atomic E-state index is -0.675. The highest BCUT2D eigenvalue weighted by molar-refractivity contribution is 5.45. The summed E-state index contributed by atoms with van der Waals surface area (Å²) in [4.78, 5) is 4.68. The van der Waals surface area contributed by atoms with Gasteiger partial charge in [0.05, 0.1) is 24.9 Å². The molecule has 46 heavy (non-hydrogen) atoms. The van der Waals surface area contributed by atoms with Crippen LogP contribution in [0.4, 0.5) is 0 Å². The Morgan fingerprint density at radius 3 is 1.61 bits per heavy atom. The van der Waals surface area contributed by atoms with E-state index >= 15 is 0 Å². The Morgan fingerprint density at radius 1 is 0.696 bits per heavy atom. The predicted octanol–water partition coefficient (Wildman–Crippen LogP) is 3.11. The van der Waals surface area contributed by atoms with Gasteiger partial charge in [0.1, 0.15) is 26.4 Å². The first-order chi connectivity index (χ1) is 21.4. The van der Waals surface area contributed by atoms with Gasteiger partial charge in [0.25, 0.3) is 0 Å². The number of aliphatic hydroxyl groups excluding tert-OH is 3. The van der Waals surface area contributed by atoms with E-state index in [-0.39, 0.29) is 39.6 Å². The molecular formula is C35H58N4O7. The molecule has 1 unspecified atom stereocenters. The fourth-order valence-electron chi connectivity index (χ4n) is 6.24.